The van der Waals surface area contributed by atoms with E-state index in [-0.39, 0.29) is 17.9 Å². The van der Waals surface area contributed by atoms with Gasteiger partial charge in [-0.25, -0.2) is 0 Å². The van der Waals surface area contributed by atoms with Crippen LogP contribution in [-0.2, 0) is 4.79 Å². The zero-order valence-corrected chi connectivity index (χ0v) is 14.4. The van der Waals surface area contributed by atoms with Gasteiger partial charge in [-0.15, -0.1) is 0 Å². The van der Waals surface area contributed by atoms with Gasteiger partial charge in [0.25, 0.3) is 0 Å². The highest BCUT2D eigenvalue weighted by atomic mass is 16.2. The fraction of sp³-hybridized carbons (Fsp3) is 0.400. The number of carbonyl (C=O) groups is 1. The summed E-state index contributed by atoms with van der Waals surface area (Å²) in [6.07, 6.45) is 2.75. The fourth-order valence-corrected chi connectivity index (χ4v) is 3.31. The number of carbonyl (C=O) groups excluding carboxylic acids is 1. The van der Waals surface area contributed by atoms with Crippen LogP contribution < -0.4 is 5.32 Å². The molecule has 2 atom stereocenters. The maximum Gasteiger partial charge on any atom is 0.233 e. The Kier molecular flexibility index (Phi) is 5.26. The van der Waals surface area contributed by atoms with Gasteiger partial charge in [-0.1, -0.05) is 36.4 Å². The van der Waals surface area contributed by atoms with E-state index in [1.807, 2.05) is 48.5 Å². The van der Waals surface area contributed by atoms with Crippen LogP contribution in [0.15, 0.2) is 54.7 Å². The molecule has 1 amide bonds. The summed E-state index contributed by atoms with van der Waals surface area (Å²) in [5.74, 6) is -0.323. The Hall–Kier alpha value is -2.20. The van der Waals surface area contributed by atoms with E-state index in [1.54, 1.807) is 6.20 Å². The molecule has 126 valence electrons. The number of nitrogens with zero attached hydrogens (tertiary/aromatic N) is 2. The number of aromatic nitrogens is 1. The van der Waals surface area contributed by atoms with Crippen LogP contribution in [0.2, 0.25) is 0 Å². The molecule has 1 saturated heterocycles. The van der Waals surface area contributed by atoms with Gasteiger partial charge in [0.15, 0.2) is 0 Å². The first kappa shape index (κ1) is 16.7. The Morgan fingerprint density at radius 1 is 1.17 bits per heavy atom. The Morgan fingerprint density at radius 2 is 1.92 bits per heavy atom. The van der Waals surface area contributed by atoms with Gasteiger partial charge in [-0.2, -0.15) is 0 Å². The maximum absolute atomic E-state index is 13.0. The zero-order chi connectivity index (χ0) is 16.9. The topological polar surface area (TPSA) is 45.2 Å². The highest BCUT2D eigenvalue weighted by molar-refractivity contribution is 5.86. The molecule has 1 aromatic carbocycles. The minimum absolute atomic E-state index is 0.0375. The van der Waals surface area contributed by atoms with Crippen molar-refractivity contribution < 1.29 is 4.79 Å². The second kappa shape index (κ2) is 7.58. The molecule has 0 saturated carbocycles. The van der Waals surface area contributed by atoms with E-state index in [0.29, 0.717) is 6.04 Å². The maximum atomic E-state index is 13.0. The standard InChI is InChI=1S/C20H25N3O/c1-15(2)23-13-11-17(14-23)22-20(24)19(16-8-4-3-5-9-16)18-10-6-7-12-21-18/h3-10,12,15,17,19H,11,13-14H2,1-2H3,(H,22,24). The molecule has 1 N–H and O–H groups in total. The van der Waals surface area contributed by atoms with Gasteiger partial charge < -0.3 is 5.32 Å². The predicted octanol–water partition coefficient (Wildman–Crippen LogP) is 2.81. The Balaban J connectivity index is 1.78. The van der Waals surface area contributed by atoms with Crippen molar-refractivity contribution in [3.8, 4) is 0 Å². The van der Waals surface area contributed by atoms with Crippen molar-refractivity contribution in [2.75, 3.05) is 13.1 Å². The molecule has 0 bridgehead atoms. The van der Waals surface area contributed by atoms with Crippen molar-refractivity contribution in [3.63, 3.8) is 0 Å². The Bertz CT molecular complexity index is 618. The number of benzene rings is 1. The number of nitrogens with one attached hydrogen (secondary N) is 1. The van der Waals surface area contributed by atoms with Gasteiger partial charge in [0.1, 0.15) is 5.92 Å². The fourth-order valence-electron chi connectivity index (χ4n) is 3.31. The monoisotopic (exact) mass is 323 g/mol. The molecule has 1 aliphatic heterocycles. The van der Waals surface area contributed by atoms with Crippen LogP contribution in [0, 0.1) is 0 Å². The van der Waals surface area contributed by atoms with Crippen LogP contribution >= 0.6 is 0 Å². The largest absolute Gasteiger partial charge is 0.351 e. The molecular weight excluding hydrogens is 298 g/mol. The SMILES string of the molecule is CC(C)N1CCC(NC(=O)C(c2ccccc2)c2ccccn2)C1. The molecule has 2 aromatic rings. The second-order valence-electron chi connectivity index (χ2n) is 6.68. The number of hydrogen-bond acceptors (Lipinski definition) is 3. The van der Waals surface area contributed by atoms with Gasteiger partial charge in [-0.05, 0) is 38.0 Å². The number of rotatable bonds is 5. The van der Waals surface area contributed by atoms with Crippen LogP contribution in [0.1, 0.15) is 37.4 Å². The third-order valence-electron chi connectivity index (χ3n) is 4.67. The molecule has 2 unspecified atom stereocenters. The average Bonchev–Trinajstić information content (AvgIpc) is 3.06. The second-order valence-corrected chi connectivity index (χ2v) is 6.68. The molecule has 0 aliphatic carbocycles. The van der Waals surface area contributed by atoms with E-state index in [0.717, 1.165) is 30.8 Å². The van der Waals surface area contributed by atoms with Crippen molar-refractivity contribution in [1.82, 2.24) is 15.2 Å². The smallest absolute Gasteiger partial charge is 0.233 e. The molecule has 0 spiro atoms. The molecule has 1 aliphatic rings. The van der Waals surface area contributed by atoms with Gasteiger partial charge >= 0.3 is 0 Å². The average molecular weight is 323 g/mol. The molecule has 2 heterocycles. The molecule has 24 heavy (non-hydrogen) atoms. The van der Waals surface area contributed by atoms with E-state index in [2.05, 4.69) is 29.0 Å². The molecule has 1 aromatic heterocycles. The predicted molar refractivity (Wildman–Crippen MR) is 95.8 cm³/mol. The lowest BCUT2D eigenvalue weighted by Gasteiger charge is -2.22. The molecule has 4 nitrogen and oxygen atoms in total. The van der Waals surface area contributed by atoms with Gasteiger partial charge in [0.2, 0.25) is 5.91 Å². The lowest BCUT2D eigenvalue weighted by molar-refractivity contribution is -0.122. The summed E-state index contributed by atoms with van der Waals surface area (Å²) in [6, 6.07) is 16.4. The molecular formula is C20H25N3O. The van der Waals surface area contributed by atoms with Crippen LogP contribution in [0.4, 0.5) is 0 Å². The molecule has 3 rings (SSSR count). The first-order valence-corrected chi connectivity index (χ1v) is 8.65. The quantitative estimate of drug-likeness (QED) is 0.920. The van der Waals surface area contributed by atoms with Gasteiger partial charge in [0, 0.05) is 31.4 Å². The van der Waals surface area contributed by atoms with E-state index >= 15 is 0 Å². The number of amides is 1. The van der Waals surface area contributed by atoms with Gasteiger partial charge in [-0.3, -0.25) is 14.7 Å². The number of pyridine rings is 1. The minimum atomic E-state index is -0.361. The normalized spacial score (nSPS) is 19.4. The first-order chi connectivity index (χ1) is 11.6. The van der Waals surface area contributed by atoms with Crippen molar-refractivity contribution >= 4 is 5.91 Å². The number of hydrogen-bond donors (Lipinski definition) is 1. The van der Waals surface area contributed by atoms with E-state index < -0.39 is 0 Å². The Morgan fingerprint density at radius 3 is 2.54 bits per heavy atom. The lowest BCUT2D eigenvalue weighted by atomic mass is 9.94. The summed E-state index contributed by atoms with van der Waals surface area (Å²) >= 11 is 0. The van der Waals surface area contributed by atoms with Crippen LogP contribution in [-0.4, -0.2) is 41.0 Å². The van der Waals surface area contributed by atoms with Crippen molar-refractivity contribution in [3.05, 3.63) is 66.0 Å². The minimum Gasteiger partial charge on any atom is -0.351 e. The summed E-state index contributed by atoms with van der Waals surface area (Å²) in [5, 5.41) is 3.24. The van der Waals surface area contributed by atoms with Gasteiger partial charge in [0.05, 0.1) is 5.69 Å². The summed E-state index contributed by atoms with van der Waals surface area (Å²) in [7, 11) is 0. The summed E-state index contributed by atoms with van der Waals surface area (Å²) < 4.78 is 0. The molecule has 1 fully saturated rings. The first-order valence-electron chi connectivity index (χ1n) is 8.65. The van der Waals surface area contributed by atoms with E-state index in [1.165, 1.54) is 0 Å². The van der Waals surface area contributed by atoms with Crippen molar-refractivity contribution in [2.45, 2.75) is 38.3 Å². The highest BCUT2D eigenvalue weighted by Gasteiger charge is 2.29. The van der Waals surface area contributed by atoms with Crippen LogP contribution in [0.25, 0.3) is 0 Å². The van der Waals surface area contributed by atoms with E-state index in [4.69, 9.17) is 0 Å². The zero-order valence-electron chi connectivity index (χ0n) is 14.4. The molecule has 4 heteroatoms. The highest BCUT2D eigenvalue weighted by Crippen LogP contribution is 2.24. The Labute approximate surface area is 143 Å². The molecule has 0 radical (unpaired) electrons. The van der Waals surface area contributed by atoms with E-state index in [9.17, 15) is 4.79 Å². The van der Waals surface area contributed by atoms with Crippen LogP contribution in [0.3, 0.4) is 0 Å². The third-order valence-corrected chi connectivity index (χ3v) is 4.67. The summed E-state index contributed by atoms with van der Waals surface area (Å²) in [4.78, 5) is 19.8. The van der Waals surface area contributed by atoms with Crippen molar-refractivity contribution in [1.29, 1.82) is 0 Å². The summed E-state index contributed by atoms with van der Waals surface area (Å²) in [5.41, 5.74) is 1.77. The summed E-state index contributed by atoms with van der Waals surface area (Å²) in [6.45, 7) is 6.37. The third kappa shape index (κ3) is 3.82. The number of likely N-dealkylation sites (tertiary alicyclic amines) is 1. The van der Waals surface area contributed by atoms with Crippen molar-refractivity contribution in [2.24, 2.45) is 0 Å². The van der Waals surface area contributed by atoms with Crippen LogP contribution in [0.5, 0.6) is 0 Å². The lowest BCUT2D eigenvalue weighted by Crippen LogP contribution is -2.41.